The summed E-state index contributed by atoms with van der Waals surface area (Å²) in [6.07, 6.45) is 0. The molecule has 0 saturated carbocycles. The van der Waals surface area contributed by atoms with Crippen molar-refractivity contribution in [2.24, 2.45) is 5.73 Å². The highest BCUT2D eigenvalue weighted by Gasteiger charge is 2.14. The molecule has 0 aliphatic heterocycles. The Bertz CT molecular complexity index is 554. The number of methoxy groups -OCH3 is 1. The third kappa shape index (κ3) is 2.74. The van der Waals surface area contributed by atoms with E-state index >= 15 is 0 Å². The summed E-state index contributed by atoms with van der Waals surface area (Å²) >= 11 is 3.47. The van der Waals surface area contributed by atoms with E-state index in [0.29, 0.717) is 0 Å². The highest BCUT2D eigenvalue weighted by molar-refractivity contribution is 9.10. The average molecular weight is 306 g/mol. The van der Waals surface area contributed by atoms with Crippen molar-refractivity contribution in [2.45, 2.75) is 13.0 Å². The van der Waals surface area contributed by atoms with Crippen LogP contribution in [-0.2, 0) is 0 Å². The monoisotopic (exact) mass is 305 g/mol. The average Bonchev–Trinajstić information content (AvgIpc) is 2.38. The molecule has 94 valence electrons. The summed E-state index contributed by atoms with van der Waals surface area (Å²) in [5.41, 5.74) is 9.61. The summed E-state index contributed by atoms with van der Waals surface area (Å²) in [4.78, 5) is 0. The molecule has 0 aliphatic carbocycles. The van der Waals surface area contributed by atoms with Gasteiger partial charge in [0.2, 0.25) is 0 Å². The molecule has 3 heteroatoms. The Labute approximate surface area is 116 Å². The lowest BCUT2D eigenvalue weighted by Gasteiger charge is -2.17. The van der Waals surface area contributed by atoms with Crippen LogP contribution >= 0.6 is 15.9 Å². The first-order valence-electron chi connectivity index (χ1n) is 5.77. The molecule has 0 heterocycles. The van der Waals surface area contributed by atoms with Crippen LogP contribution in [0.2, 0.25) is 0 Å². The van der Waals surface area contributed by atoms with Crippen LogP contribution in [0.25, 0.3) is 0 Å². The summed E-state index contributed by atoms with van der Waals surface area (Å²) < 4.78 is 6.37. The van der Waals surface area contributed by atoms with E-state index in [0.717, 1.165) is 21.3 Å². The van der Waals surface area contributed by atoms with Crippen LogP contribution in [0, 0.1) is 6.92 Å². The standard InChI is InChI=1S/C15H16BrNO/c1-10-4-3-5-11(8-10)15(17)13-9-12(16)6-7-14(13)18-2/h3-9,15H,17H2,1-2H3. The van der Waals surface area contributed by atoms with E-state index in [9.17, 15) is 0 Å². The molecular formula is C15H16BrNO. The zero-order valence-electron chi connectivity index (χ0n) is 10.5. The van der Waals surface area contributed by atoms with Gasteiger partial charge in [0.15, 0.2) is 0 Å². The van der Waals surface area contributed by atoms with Crippen molar-refractivity contribution in [3.05, 3.63) is 63.6 Å². The van der Waals surface area contributed by atoms with E-state index < -0.39 is 0 Å². The van der Waals surface area contributed by atoms with Gasteiger partial charge in [-0.15, -0.1) is 0 Å². The topological polar surface area (TPSA) is 35.2 Å². The van der Waals surface area contributed by atoms with Gasteiger partial charge in [-0.25, -0.2) is 0 Å². The summed E-state index contributed by atoms with van der Waals surface area (Å²) in [6, 6.07) is 13.9. The van der Waals surface area contributed by atoms with Crippen molar-refractivity contribution in [1.82, 2.24) is 0 Å². The van der Waals surface area contributed by atoms with Gasteiger partial charge in [-0.3, -0.25) is 0 Å². The second-order valence-corrected chi connectivity index (χ2v) is 5.19. The number of hydrogen-bond donors (Lipinski definition) is 1. The van der Waals surface area contributed by atoms with E-state index in [4.69, 9.17) is 10.5 Å². The number of ether oxygens (including phenoxy) is 1. The SMILES string of the molecule is COc1ccc(Br)cc1C(N)c1cccc(C)c1. The van der Waals surface area contributed by atoms with Crippen molar-refractivity contribution in [3.63, 3.8) is 0 Å². The van der Waals surface area contributed by atoms with Gasteiger partial charge in [0.25, 0.3) is 0 Å². The van der Waals surface area contributed by atoms with Crippen molar-refractivity contribution >= 4 is 15.9 Å². The molecule has 18 heavy (non-hydrogen) atoms. The van der Waals surface area contributed by atoms with Crippen LogP contribution in [0.4, 0.5) is 0 Å². The molecule has 0 saturated heterocycles. The Morgan fingerprint density at radius 2 is 1.94 bits per heavy atom. The fourth-order valence-corrected chi connectivity index (χ4v) is 2.37. The molecule has 2 N–H and O–H groups in total. The largest absolute Gasteiger partial charge is 0.496 e. The van der Waals surface area contributed by atoms with Gasteiger partial charge >= 0.3 is 0 Å². The third-order valence-electron chi connectivity index (χ3n) is 2.93. The van der Waals surface area contributed by atoms with Crippen LogP contribution < -0.4 is 10.5 Å². The van der Waals surface area contributed by atoms with E-state index in [-0.39, 0.29) is 6.04 Å². The zero-order valence-corrected chi connectivity index (χ0v) is 12.1. The first kappa shape index (κ1) is 13.1. The molecule has 0 spiro atoms. The van der Waals surface area contributed by atoms with Gasteiger partial charge in [-0.1, -0.05) is 45.8 Å². The molecule has 0 amide bonds. The summed E-state index contributed by atoms with van der Waals surface area (Å²) in [7, 11) is 1.66. The number of nitrogens with two attached hydrogens (primary N) is 1. The van der Waals surface area contributed by atoms with Crippen LogP contribution in [0.1, 0.15) is 22.7 Å². The molecule has 0 aromatic heterocycles. The van der Waals surface area contributed by atoms with E-state index in [1.165, 1.54) is 5.56 Å². The Morgan fingerprint density at radius 1 is 1.17 bits per heavy atom. The fourth-order valence-electron chi connectivity index (χ4n) is 1.99. The number of hydrogen-bond acceptors (Lipinski definition) is 2. The van der Waals surface area contributed by atoms with Gasteiger partial charge in [-0.05, 0) is 30.7 Å². The summed E-state index contributed by atoms with van der Waals surface area (Å²) in [6.45, 7) is 2.06. The molecule has 0 radical (unpaired) electrons. The maximum absolute atomic E-state index is 6.33. The second-order valence-electron chi connectivity index (χ2n) is 4.28. The van der Waals surface area contributed by atoms with Crippen molar-refractivity contribution in [3.8, 4) is 5.75 Å². The van der Waals surface area contributed by atoms with E-state index in [1.807, 2.05) is 30.3 Å². The molecule has 0 bridgehead atoms. The molecule has 0 aliphatic rings. The van der Waals surface area contributed by atoms with Crippen LogP contribution in [0.5, 0.6) is 5.75 Å². The normalized spacial score (nSPS) is 12.2. The minimum absolute atomic E-state index is 0.183. The molecule has 1 atom stereocenters. The minimum Gasteiger partial charge on any atom is -0.496 e. The van der Waals surface area contributed by atoms with Crippen molar-refractivity contribution in [1.29, 1.82) is 0 Å². The maximum atomic E-state index is 6.33. The summed E-state index contributed by atoms with van der Waals surface area (Å²) in [5, 5.41) is 0. The zero-order chi connectivity index (χ0) is 13.1. The Balaban J connectivity index is 2.44. The number of halogens is 1. The smallest absolute Gasteiger partial charge is 0.124 e. The van der Waals surface area contributed by atoms with E-state index in [2.05, 4.69) is 35.0 Å². The highest BCUT2D eigenvalue weighted by atomic mass is 79.9. The maximum Gasteiger partial charge on any atom is 0.124 e. The van der Waals surface area contributed by atoms with Gasteiger partial charge in [0.1, 0.15) is 5.75 Å². The molecule has 0 fully saturated rings. The molecule has 2 rings (SSSR count). The van der Waals surface area contributed by atoms with Crippen LogP contribution in [0.15, 0.2) is 46.9 Å². The predicted octanol–water partition coefficient (Wildman–Crippen LogP) is 3.81. The molecule has 2 aromatic rings. The molecular weight excluding hydrogens is 290 g/mol. The van der Waals surface area contributed by atoms with Crippen molar-refractivity contribution < 1.29 is 4.74 Å². The van der Waals surface area contributed by atoms with Crippen LogP contribution in [0.3, 0.4) is 0 Å². The first-order chi connectivity index (χ1) is 8.61. The quantitative estimate of drug-likeness (QED) is 0.936. The molecule has 2 nitrogen and oxygen atoms in total. The van der Waals surface area contributed by atoms with E-state index in [1.54, 1.807) is 7.11 Å². The van der Waals surface area contributed by atoms with Gasteiger partial charge in [0, 0.05) is 10.0 Å². The van der Waals surface area contributed by atoms with Gasteiger partial charge in [0.05, 0.1) is 13.2 Å². The van der Waals surface area contributed by atoms with Gasteiger partial charge < -0.3 is 10.5 Å². The van der Waals surface area contributed by atoms with Crippen LogP contribution in [-0.4, -0.2) is 7.11 Å². The molecule has 2 aromatic carbocycles. The lowest BCUT2D eigenvalue weighted by atomic mass is 9.97. The minimum atomic E-state index is -0.183. The van der Waals surface area contributed by atoms with Gasteiger partial charge in [-0.2, -0.15) is 0 Å². The Hall–Kier alpha value is -1.32. The Morgan fingerprint density at radius 3 is 2.61 bits per heavy atom. The first-order valence-corrected chi connectivity index (χ1v) is 6.56. The third-order valence-corrected chi connectivity index (χ3v) is 3.42. The summed E-state index contributed by atoms with van der Waals surface area (Å²) in [5.74, 6) is 0.812. The van der Waals surface area contributed by atoms with Crippen molar-refractivity contribution in [2.75, 3.05) is 7.11 Å². The Kier molecular flexibility index (Phi) is 4.04. The second kappa shape index (κ2) is 5.55. The predicted molar refractivity (Wildman–Crippen MR) is 77.9 cm³/mol. The highest BCUT2D eigenvalue weighted by Crippen LogP contribution is 2.31. The number of rotatable bonds is 3. The lowest BCUT2D eigenvalue weighted by molar-refractivity contribution is 0.407. The number of aryl methyl sites for hydroxylation is 1. The lowest BCUT2D eigenvalue weighted by Crippen LogP contribution is -2.13. The fraction of sp³-hybridized carbons (Fsp3) is 0.200. The molecule has 1 unspecified atom stereocenters. The number of benzene rings is 2.